The average Bonchev–Trinajstić information content (AvgIpc) is 3.47. The fourth-order valence-corrected chi connectivity index (χ4v) is 4.54. The van der Waals surface area contributed by atoms with Crippen molar-refractivity contribution in [1.29, 1.82) is 0 Å². The molecule has 5 heterocycles. The molecule has 3 N–H and O–H groups in total. The Morgan fingerprint density at radius 2 is 1.85 bits per heavy atom. The van der Waals surface area contributed by atoms with E-state index in [1.54, 1.807) is 18.5 Å². The molecule has 10 nitrogen and oxygen atoms in total. The highest BCUT2D eigenvalue weighted by Gasteiger charge is 2.20. The number of rotatable bonds is 4. The summed E-state index contributed by atoms with van der Waals surface area (Å²) in [6.45, 7) is 0.354. The lowest BCUT2D eigenvalue weighted by Crippen LogP contribution is -2.24. The normalized spacial score (nSPS) is 11.8. The molecule has 0 saturated carbocycles. The van der Waals surface area contributed by atoms with Gasteiger partial charge in [-0.25, -0.2) is 14.6 Å². The van der Waals surface area contributed by atoms with Gasteiger partial charge in [-0.1, -0.05) is 18.2 Å². The monoisotopic (exact) mass is 439 g/mol. The van der Waals surface area contributed by atoms with Gasteiger partial charge in [0.05, 0.1) is 35.5 Å². The third-order valence-corrected chi connectivity index (χ3v) is 6.15. The van der Waals surface area contributed by atoms with Crippen molar-refractivity contribution in [2.24, 2.45) is 14.1 Å². The number of nitrogens with one attached hydrogen (secondary N) is 1. The van der Waals surface area contributed by atoms with E-state index in [1.165, 1.54) is 4.68 Å². The molecule has 1 aromatic carbocycles. The predicted octanol–water partition coefficient (Wildman–Crippen LogP) is 2.11. The minimum Gasteiger partial charge on any atom is -0.384 e. The van der Waals surface area contributed by atoms with Gasteiger partial charge in [0.1, 0.15) is 28.3 Å². The van der Waals surface area contributed by atoms with Crippen LogP contribution in [0.15, 0.2) is 53.6 Å². The minimum absolute atomic E-state index is 0.160. The van der Waals surface area contributed by atoms with Gasteiger partial charge >= 0.3 is 0 Å². The van der Waals surface area contributed by atoms with Crippen LogP contribution in [0, 0.1) is 0 Å². The second kappa shape index (κ2) is 7.02. The third kappa shape index (κ3) is 2.91. The first kappa shape index (κ1) is 19.2. The lowest BCUT2D eigenvalue weighted by Gasteiger charge is -2.08. The van der Waals surface area contributed by atoms with Crippen molar-refractivity contribution in [1.82, 2.24) is 39.1 Å². The fourth-order valence-electron chi connectivity index (χ4n) is 4.54. The zero-order valence-corrected chi connectivity index (χ0v) is 18.1. The second-order valence-corrected chi connectivity index (χ2v) is 8.17. The second-order valence-electron chi connectivity index (χ2n) is 8.17. The summed E-state index contributed by atoms with van der Waals surface area (Å²) in [5, 5.41) is 13.2. The Labute approximate surface area is 187 Å². The summed E-state index contributed by atoms with van der Waals surface area (Å²) >= 11 is 0. The molecule has 0 aliphatic heterocycles. The van der Waals surface area contributed by atoms with Crippen molar-refractivity contribution in [3.63, 3.8) is 0 Å². The molecule has 5 aromatic heterocycles. The van der Waals surface area contributed by atoms with Crippen molar-refractivity contribution in [2.75, 3.05) is 5.73 Å². The SMILES string of the molecule is Cn1c(Cc2cccc(N)n2)nc2c3cnn(Cc4cccc5[nH]ncc45)c(=O)c3n(C)c21. The zero-order valence-electron chi connectivity index (χ0n) is 18.1. The van der Waals surface area contributed by atoms with Crippen molar-refractivity contribution < 1.29 is 0 Å². The van der Waals surface area contributed by atoms with Crippen LogP contribution in [0.2, 0.25) is 0 Å². The Hall–Kier alpha value is -4.47. The highest BCUT2D eigenvalue weighted by atomic mass is 16.1. The number of nitrogens with zero attached hydrogens (tertiary/aromatic N) is 7. The molecule has 0 fully saturated rings. The van der Waals surface area contributed by atoms with E-state index in [-0.39, 0.29) is 5.56 Å². The van der Waals surface area contributed by atoms with Crippen LogP contribution in [-0.2, 0) is 27.1 Å². The Balaban J connectivity index is 1.46. The summed E-state index contributed by atoms with van der Waals surface area (Å²) in [6, 6.07) is 11.4. The molecule has 0 unspecified atom stereocenters. The molecule has 10 heteroatoms. The number of aromatic amines is 1. The van der Waals surface area contributed by atoms with Crippen molar-refractivity contribution in [2.45, 2.75) is 13.0 Å². The first-order valence-electron chi connectivity index (χ1n) is 10.5. The topological polar surface area (TPSA) is 125 Å². The van der Waals surface area contributed by atoms with Crippen LogP contribution in [0.1, 0.15) is 17.1 Å². The summed E-state index contributed by atoms with van der Waals surface area (Å²) < 4.78 is 5.38. The number of nitrogens with two attached hydrogens (primary N) is 1. The molecule has 0 saturated heterocycles. The van der Waals surface area contributed by atoms with E-state index in [0.29, 0.717) is 24.3 Å². The first-order valence-corrected chi connectivity index (χ1v) is 10.5. The molecule has 6 rings (SSSR count). The summed E-state index contributed by atoms with van der Waals surface area (Å²) in [5.41, 5.74) is 10.6. The van der Waals surface area contributed by atoms with Gasteiger partial charge in [0.2, 0.25) is 0 Å². The molecule has 0 bridgehead atoms. The number of benzene rings is 1. The Kier molecular flexibility index (Phi) is 4.09. The van der Waals surface area contributed by atoms with E-state index in [1.807, 2.05) is 53.6 Å². The lowest BCUT2D eigenvalue weighted by molar-refractivity contribution is 0.646. The van der Waals surface area contributed by atoms with E-state index >= 15 is 0 Å². The van der Waals surface area contributed by atoms with Gasteiger partial charge in [0.15, 0.2) is 0 Å². The molecular formula is C23H21N9O. The maximum atomic E-state index is 13.4. The predicted molar refractivity (Wildman–Crippen MR) is 126 cm³/mol. The van der Waals surface area contributed by atoms with Gasteiger partial charge < -0.3 is 14.9 Å². The molecule has 6 aromatic rings. The van der Waals surface area contributed by atoms with Crippen LogP contribution in [0.4, 0.5) is 5.82 Å². The Morgan fingerprint density at radius 3 is 2.70 bits per heavy atom. The lowest BCUT2D eigenvalue weighted by atomic mass is 10.1. The zero-order chi connectivity index (χ0) is 22.7. The maximum absolute atomic E-state index is 13.4. The maximum Gasteiger partial charge on any atom is 0.291 e. The number of fused-ring (bicyclic) bond motifs is 4. The summed E-state index contributed by atoms with van der Waals surface area (Å²) in [7, 11) is 3.83. The van der Waals surface area contributed by atoms with Crippen LogP contribution in [0.3, 0.4) is 0 Å². The summed E-state index contributed by atoms with van der Waals surface area (Å²) in [5.74, 6) is 1.32. The molecule has 0 amide bonds. The fraction of sp³-hybridized carbons (Fsp3) is 0.174. The Morgan fingerprint density at radius 1 is 1.00 bits per heavy atom. The molecule has 0 spiro atoms. The number of anilines is 1. The molecule has 0 aliphatic carbocycles. The van der Waals surface area contributed by atoms with Crippen molar-refractivity contribution in [3.05, 3.63) is 76.2 Å². The number of aryl methyl sites for hydroxylation is 2. The van der Waals surface area contributed by atoms with E-state index in [0.717, 1.165) is 44.5 Å². The van der Waals surface area contributed by atoms with Crippen LogP contribution in [0.25, 0.3) is 33.0 Å². The quantitative estimate of drug-likeness (QED) is 0.433. The van der Waals surface area contributed by atoms with Crippen LogP contribution < -0.4 is 11.3 Å². The highest BCUT2D eigenvalue weighted by molar-refractivity contribution is 6.04. The number of nitrogen functional groups attached to an aromatic ring is 1. The molecule has 0 atom stereocenters. The van der Waals surface area contributed by atoms with Crippen LogP contribution >= 0.6 is 0 Å². The van der Waals surface area contributed by atoms with E-state index in [4.69, 9.17) is 10.7 Å². The van der Waals surface area contributed by atoms with Gasteiger partial charge in [-0.3, -0.25) is 9.89 Å². The number of H-pyrrole nitrogens is 1. The van der Waals surface area contributed by atoms with Gasteiger partial charge in [0, 0.05) is 25.9 Å². The number of aromatic nitrogens is 8. The van der Waals surface area contributed by atoms with E-state index < -0.39 is 0 Å². The van der Waals surface area contributed by atoms with Crippen LogP contribution in [-0.4, -0.2) is 39.1 Å². The van der Waals surface area contributed by atoms with Gasteiger partial charge in [-0.05, 0) is 23.8 Å². The minimum atomic E-state index is -0.160. The summed E-state index contributed by atoms with van der Waals surface area (Å²) in [4.78, 5) is 22.6. The summed E-state index contributed by atoms with van der Waals surface area (Å²) in [6.07, 6.45) is 4.03. The number of pyridine rings is 1. The molecule has 0 aliphatic rings. The number of imidazole rings is 1. The largest absolute Gasteiger partial charge is 0.384 e. The Bertz CT molecular complexity index is 1730. The molecule has 33 heavy (non-hydrogen) atoms. The standard InChI is InChI=1S/C23H21N9O/c1-30-19(9-14-6-4-8-18(24)27-14)28-20-16-11-26-32(23(33)21(16)31(2)22(20)30)12-13-5-3-7-17-15(13)10-25-29-17/h3-8,10-11H,9,12H2,1-2H3,(H2,24,27)(H,25,29). The van der Waals surface area contributed by atoms with Gasteiger partial charge in [-0.2, -0.15) is 10.2 Å². The van der Waals surface area contributed by atoms with Crippen LogP contribution in [0.5, 0.6) is 0 Å². The first-order chi connectivity index (χ1) is 16.0. The smallest absolute Gasteiger partial charge is 0.291 e. The number of hydrogen-bond acceptors (Lipinski definition) is 6. The highest BCUT2D eigenvalue weighted by Crippen LogP contribution is 2.26. The molecule has 164 valence electrons. The molecular weight excluding hydrogens is 418 g/mol. The third-order valence-electron chi connectivity index (χ3n) is 6.15. The van der Waals surface area contributed by atoms with Gasteiger partial charge in [0.25, 0.3) is 5.56 Å². The van der Waals surface area contributed by atoms with E-state index in [2.05, 4.69) is 20.3 Å². The van der Waals surface area contributed by atoms with E-state index in [9.17, 15) is 4.79 Å². The molecule has 0 radical (unpaired) electrons. The van der Waals surface area contributed by atoms with Gasteiger partial charge in [-0.15, -0.1) is 0 Å². The number of hydrogen-bond donors (Lipinski definition) is 2. The van der Waals surface area contributed by atoms with Crippen molar-refractivity contribution >= 4 is 38.8 Å². The average molecular weight is 439 g/mol. The van der Waals surface area contributed by atoms with Crippen molar-refractivity contribution in [3.8, 4) is 0 Å².